The standard InChI is InChI=1S/C20H19N3O7S/c1-27-19(25)15-12(16(20(26)28-2)31-17(15)21)10-29-14(24)9-8-13-22-18(23-30-13)11-6-4-3-5-7-11/h3-7H,8-10,21H2,1-2H3. The predicted molar refractivity (Wildman–Crippen MR) is 109 cm³/mol. The zero-order chi connectivity index (χ0) is 22.4. The molecule has 11 heteroatoms. The molecule has 0 saturated heterocycles. The van der Waals surface area contributed by atoms with Crippen LogP contribution in [0.5, 0.6) is 0 Å². The largest absolute Gasteiger partial charge is 0.465 e. The monoisotopic (exact) mass is 445 g/mol. The summed E-state index contributed by atoms with van der Waals surface area (Å²) in [5.74, 6) is -1.33. The van der Waals surface area contributed by atoms with Crippen molar-refractivity contribution in [2.45, 2.75) is 19.4 Å². The van der Waals surface area contributed by atoms with Gasteiger partial charge in [0.2, 0.25) is 11.7 Å². The van der Waals surface area contributed by atoms with Crippen molar-refractivity contribution >= 4 is 34.2 Å². The number of thiophene rings is 1. The molecule has 1 aromatic carbocycles. The Morgan fingerprint density at radius 2 is 1.81 bits per heavy atom. The van der Waals surface area contributed by atoms with E-state index in [1.807, 2.05) is 30.3 Å². The molecule has 0 unspecified atom stereocenters. The summed E-state index contributed by atoms with van der Waals surface area (Å²) in [4.78, 5) is 40.6. The lowest BCUT2D eigenvalue weighted by atomic mass is 10.1. The van der Waals surface area contributed by atoms with E-state index in [1.54, 1.807) is 0 Å². The maximum absolute atomic E-state index is 12.2. The number of benzene rings is 1. The van der Waals surface area contributed by atoms with Gasteiger partial charge in [-0.2, -0.15) is 4.98 Å². The van der Waals surface area contributed by atoms with E-state index >= 15 is 0 Å². The lowest BCUT2D eigenvalue weighted by molar-refractivity contribution is -0.145. The van der Waals surface area contributed by atoms with Gasteiger partial charge in [-0.3, -0.25) is 4.79 Å². The van der Waals surface area contributed by atoms with Gasteiger partial charge in [-0.05, 0) is 0 Å². The van der Waals surface area contributed by atoms with Crippen LogP contribution < -0.4 is 5.73 Å². The number of nitrogen functional groups attached to an aromatic ring is 1. The van der Waals surface area contributed by atoms with Crippen molar-refractivity contribution in [3.8, 4) is 11.4 Å². The number of methoxy groups -OCH3 is 2. The number of nitrogens with two attached hydrogens (primary N) is 1. The molecule has 0 bridgehead atoms. The fourth-order valence-corrected chi connectivity index (χ4v) is 3.68. The predicted octanol–water partition coefficient (Wildman–Crippen LogP) is 2.63. The van der Waals surface area contributed by atoms with Crippen LogP contribution in [-0.2, 0) is 32.0 Å². The molecule has 0 saturated carbocycles. The summed E-state index contributed by atoms with van der Waals surface area (Å²) in [6.45, 7) is -0.347. The Balaban J connectivity index is 1.64. The Morgan fingerprint density at radius 3 is 2.48 bits per heavy atom. The molecule has 31 heavy (non-hydrogen) atoms. The fourth-order valence-electron chi connectivity index (χ4n) is 2.70. The molecule has 3 rings (SSSR count). The second kappa shape index (κ2) is 9.85. The average molecular weight is 445 g/mol. The summed E-state index contributed by atoms with van der Waals surface area (Å²) in [6, 6.07) is 9.26. The third-order valence-corrected chi connectivity index (χ3v) is 5.26. The van der Waals surface area contributed by atoms with Crippen molar-refractivity contribution in [2.75, 3.05) is 20.0 Å². The van der Waals surface area contributed by atoms with E-state index in [-0.39, 0.29) is 46.3 Å². The number of hydrogen-bond donors (Lipinski definition) is 1. The molecule has 0 spiro atoms. The topological polar surface area (TPSA) is 144 Å². The van der Waals surface area contributed by atoms with Crippen molar-refractivity contribution in [3.63, 3.8) is 0 Å². The molecule has 0 aliphatic carbocycles. The van der Waals surface area contributed by atoms with E-state index in [0.29, 0.717) is 5.82 Å². The number of esters is 3. The molecule has 162 valence electrons. The second-order valence-corrected chi connectivity index (χ2v) is 7.22. The van der Waals surface area contributed by atoms with E-state index in [9.17, 15) is 14.4 Å². The van der Waals surface area contributed by atoms with Gasteiger partial charge in [0, 0.05) is 17.5 Å². The highest BCUT2D eigenvalue weighted by atomic mass is 32.1. The first-order valence-electron chi connectivity index (χ1n) is 9.06. The van der Waals surface area contributed by atoms with Crippen molar-refractivity contribution in [2.24, 2.45) is 0 Å². The number of carbonyl (C=O) groups excluding carboxylic acids is 3. The number of hydrogen-bond acceptors (Lipinski definition) is 11. The maximum Gasteiger partial charge on any atom is 0.348 e. The van der Waals surface area contributed by atoms with Gasteiger partial charge in [-0.15, -0.1) is 11.3 Å². The van der Waals surface area contributed by atoms with Crippen molar-refractivity contribution in [1.29, 1.82) is 0 Å². The molecule has 0 aliphatic heterocycles. The van der Waals surface area contributed by atoms with Crippen LogP contribution in [0.3, 0.4) is 0 Å². The minimum absolute atomic E-state index is 0.0231. The van der Waals surface area contributed by atoms with Crippen molar-refractivity contribution in [3.05, 3.63) is 52.2 Å². The Morgan fingerprint density at radius 1 is 1.10 bits per heavy atom. The molecule has 3 aromatic rings. The minimum Gasteiger partial charge on any atom is -0.465 e. The molecule has 2 N–H and O–H groups in total. The molecule has 10 nitrogen and oxygen atoms in total. The SMILES string of the molecule is COC(=O)c1sc(N)c(C(=O)OC)c1COC(=O)CCc1nc(-c2ccccc2)no1. The van der Waals surface area contributed by atoms with Gasteiger partial charge in [-0.25, -0.2) is 9.59 Å². The van der Waals surface area contributed by atoms with Crippen LogP contribution in [0, 0.1) is 0 Å². The quantitative estimate of drug-likeness (QED) is 0.406. The van der Waals surface area contributed by atoms with E-state index < -0.39 is 17.9 Å². The van der Waals surface area contributed by atoms with Gasteiger partial charge >= 0.3 is 17.9 Å². The summed E-state index contributed by atoms with van der Waals surface area (Å²) in [5, 5.41) is 3.96. The third-order valence-electron chi connectivity index (χ3n) is 4.22. The van der Waals surface area contributed by atoms with Crippen LogP contribution in [0.4, 0.5) is 5.00 Å². The number of ether oxygens (including phenoxy) is 3. The zero-order valence-electron chi connectivity index (χ0n) is 16.7. The second-order valence-electron chi connectivity index (χ2n) is 6.17. The van der Waals surface area contributed by atoms with E-state index in [4.69, 9.17) is 24.5 Å². The molecular weight excluding hydrogens is 426 g/mol. The molecule has 0 aliphatic rings. The van der Waals surface area contributed by atoms with Crippen LogP contribution >= 0.6 is 11.3 Å². The summed E-state index contributed by atoms with van der Waals surface area (Å²) in [5.41, 5.74) is 6.75. The Hall–Kier alpha value is -3.73. The fraction of sp³-hybridized carbons (Fsp3) is 0.250. The minimum atomic E-state index is -0.741. The molecule has 0 fully saturated rings. The Bertz CT molecular complexity index is 1090. The van der Waals surface area contributed by atoms with Crippen LogP contribution in [-0.4, -0.2) is 42.3 Å². The molecule has 2 aromatic heterocycles. The van der Waals surface area contributed by atoms with Gasteiger partial charge in [0.15, 0.2) is 0 Å². The first-order valence-corrected chi connectivity index (χ1v) is 9.87. The van der Waals surface area contributed by atoms with Gasteiger partial charge in [0.1, 0.15) is 22.0 Å². The summed E-state index contributed by atoms with van der Waals surface area (Å²) < 4.78 is 19.8. The number of nitrogens with zero attached hydrogens (tertiary/aromatic N) is 2. The van der Waals surface area contributed by atoms with Gasteiger partial charge in [0.25, 0.3) is 0 Å². The highest BCUT2D eigenvalue weighted by Gasteiger charge is 2.28. The average Bonchev–Trinajstić information content (AvgIpc) is 3.40. The Kier molecular flexibility index (Phi) is 6.98. The summed E-state index contributed by atoms with van der Waals surface area (Å²) in [6.07, 6.45) is 0.120. The third kappa shape index (κ3) is 5.07. The van der Waals surface area contributed by atoms with E-state index in [2.05, 4.69) is 10.1 Å². The first-order chi connectivity index (χ1) is 14.9. The van der Waals surface area contributed by atoms with E-state index in [1.165, 1.54) is 14.2 Å². The van der Waals surface area contributed by atoms with Gasteiger partial charge in [-0.1, -0.05) is 35.5 Å². The number of anilines is 1. The zero-order valence-corrected chi connectivity index (χ0v) is 17.6. The maximum atomic E-state index is 12.2. The molecule has 0 amide bonds. The van der Waals surface area contributed by atoms with E-state index in [0.717, 1.165) is 16.9 Å². The summed E-state index contributed by atoms with van der Waals surface area (Å²) in [7, 11) is 2.38. The van der Waals surface area contributed by atoms with Crippen molar-refractivity contribution in [1.82, 2.24) is 10.1 Å². The van der Waals surface area contributed by atoms with Crippen LogP contribution in [0.2, 0.25) is 0 Å². The normalized spacial score (nSPS) is 10.5. The lowest BCUT2D eigenvalue weighted by Crippen LogP contribution is -2.13. The van der Waals surface area contributed by atoms with Crippen LogP contribution in [0.15, 0.2) is 34.9 Å². The van der Waals surface area contributed by atoms with Crippen LogP contribution in [0.1, 0.15) is 37.9 Å². The summed E-state index contributed by atoms with van der Waals surface area (Å²) >= 11 is 0.858. The lowest BCUT2D eigenvalue weighted by Gasteiger charge is -2.07. The highest BCUT2D eigenvalue weighted by molar-refractivity contribution is 7.18. The number of aryl methyl sites for hydroxylation is 1. The molecule has 0 radical (unpaired) electrons. The number of aromatic nitrogens is 2. The van der Waals surface area contributed by atoms with Crippen LogP contribution in [0.25, 0.3) is 11.4 Å². The highest BCUT2D eigenvalue weighted by Crippen LogP contribution is 2.33. The molecule has 2 heterocycles. The van der Waals surface area contributed by atoms with Crippen molar-refractivity contribution < 1.29 is 33.1 Å². The smallest absolute Gasteiger partial charge is 0.348 e. The molecule has 0 atom stereocenters. The Labute approximate surface area is 180 Å². The van der Waals surface area contributed by atoms with Gasteiger partial charge in [0.05, 0.1) is 20.6 Å². The molecular formula is C20H19N3O7S. The number of rotatable bonds is 8. The first kappa shape index (κ1) is 22.0. The van der Waals surface area contributed by atoms with Gasteiger partial charge < -0.3 is 24.5 Å². The number of carbonyl (C=O) groups is 3.